The highest BCUT2D eigenvalue weighted by atomic mass is 32.2. The van der Waals surface area contributed by atoms with Crippen LogP contribution < -0.4 is 14.2 Å². The van der Waals surface area contributed by atoms with Crippen molar-refractivity contribution in [2.45, 2.75) is 57.3 Å². The van der Waals surface area contributed by atoms with Gasteiger partial charge in [0.15, 0.2) is 11.6 Å². The maximum Gasteiger partial charge on any atom is 0.304 e. The van der Waals surface area contributed by atoms with E-state index in [1.54, 1.807) is 43.5 Å². The first-order valence-electron chi connectivity index (χ1n) is 15.0. The van der Waals surface area contributed by atoms with Gasteiger partial charge in [0.1, 0.15) is 11.9 Å². The van der Waals surface area contributed by atoms with Crippen molar-refractivity contribution in [1.29, 1.82) is 0 Å². The Bertz CT molecular complexity index is 1550. The van der Waals surface area contributed by atoms with Crippen LogP contribution in [0.15, 0.2) is 54.9 Å². The average molecular weight is 646 g/mol. The van der Waals surface area contributed by atoms with E-state index in [1.807, 2.05) is 4.72 Å². The molecule has 4 heterocycles. The van der Waals surface area contributed by atoms with Crippen molar-refractivity contribution in [3.8, 4) is 17.4 Å². The van der Waals surface area contributed by atoms with Crippen LogP contribution in [0.4, 0.5) is 8.78 Å². The van der Waals surface area contributed by atoms with Crippen LogP contribution in [0.25, 0.3) is 0 Å². The van der Waals surface area contributed by atoms with E-state index >= 15 is 8.78 Å². The fourth-order valence-corrected chi connectivity index (χ4v) is 6.48. The Morgan fingerprint density at radius 2 is 1.69 bits per heavy atom. The van der Waals surface area contributed by atoms with E-state index in [2.05, 4.69) is 21.9 Å². The Balaban J connectivity index is 1.17. The zero-order valence-electron chi connectivity index (χ0n) is 25.2. The quantitative estimate of drug-likeness (QED) is 0.318. The number of ether oxygens (including phenoxy) is 3. The highest BCUT2D eigenvalue weighted by molar-refractivity contribution is 7.87. The molecule has 1 N–H and O–H groups in total. The lowest BCUT2D eigenvalue weighted by Gasteiger charge is -2.35. The van der Waals surface area contributed by atoms with Crippen molar-refractivity contribution in [2.24, 2.45) is 0 Å². The van der Waals surface area contributed by atoms with Gasteiger partial charge < -0.3 is 19.1 Å². The van der Waals surface area contributed by atoms with Gasteiger partial charge in [0.05, 0.1) is 29.7 Å². The summed E-state index contributed by atoms with van der Waals surface area (Å²) < 4.78 is 76.5. The summed E-state index contributed by atoms with van der Waals surface area (Å²) in [5.41, 5.74) is -0.315. The molecule has 0 bridgehead atoms. The standard InChI is InChI=1S/C31H37F2N5O6S/c1-3-26(25-9-7-23(20-35-25)43-28-6-4-5-15-34-28)44-27-10-8-24(29(32)30(27)33)31(39)36-45(40,41)38-18-13-22(14-19-38)42-21-11-16-37(2)17-12-21/h4-10,15,20-22,26H,3,11-14,16-19H2,1-2H3,(H,36,39)/t26-/m1/s1. The van der Waals surface area contributed by atoms with Gasteiger partial charge >= 0.3 is 10.2 Å². The Morgan fingerprint density at radius 3 is 2.31 bits per heavy atom. The largest absolute Gasteiger partial charge is 0.481 e. The summed E-state index contributed by atoms with van der Waals surface area (Å²) >= 11 is 0. The Kier molecular flexibility index (Phi) is 10.6. The SMILES string of the molecule is CC[C@@H](Oc1ccc(C(=O)NS(=O)(=O)N2CCC(OC3CCN(C)CC3)CC2)c(F)c1F)c1ccc(Oc2ccccn2)cn1. The van der Waals surface area contributed by atoms with Gasteiger partial charge in [-0.1, -0.05) is 13.0 Å². The van der Waals surface area contributed by atoms with Crippen molar-refractivity contribution >= 4 is 16.1 Å². The van der Waals surface area contributed by atoms with Gasteiger partial charge in [-0.05, 0) is 69.5 Å². The summed E-state index contributed by atoms with van der Waals surface area (Å²) in [7, 11) is -2.22. The number of carbonyl (C=O) groups excluding carboxylic acids is 1. The number of carbonyl (C=O) groups is 1. The monoisotopic (exact) mass is 645 g/mol. The second-order valence-electron chi connectivity index (χ2n) is 11.1. The molecule has 1 amide bonds. The number of pyridine rings is 2. The van der Waals surface area contributed by atoms with Gasteiger partial charge in [-0.15, -0.1) is 0 Å². The number of hydrogen-bond acceptors (Lipinski definition) is 9. The summed E-state index contributed by atoms with van der Waals surface area (Å²) in [4.78, 5) is 23.4. The molecule has 0 radical (unpaired) electrons. The molecule has 5 rings (SSSR count). The van der Waals surface area contributed by atoms with E-state index in [1.165, 1.54) is 6.20 Å². The number of amides is 1. The highest BCUT2D eigenvalue weighted by Crippen LogP contribution is 2.30. The third-order valence-electron chi connectivity index (χ3n) is 7.89. The minimum absolute atomic E-state index is 0.0698. The highest BCUT2D eigenvalue weighted by Gasteiger charge is 2.33. The van der Waals surface area contributed by atoms with Crippen LogP contribution in [-0.2, 0) is 14.9 Å². The summed E-state index contributed by atoms with van der Waals surface area (Å²) in [6, 6.07) is 10.6. The number of halogens is 2. The van der Waals surface area contributed by atoms with Crippen LogP contribution in [-0.4, -0.2) is 78.9 Å². The lowest BCUT2D eigenvalue weighted by atomic mass is 10.1. The molecule has 0 unspecified atom stereocenters. The Morgan fingerprint density at radius 1 is 0.978 bits per heavy atom. The van der Waals surface area contributed by atoms with Crippen LogP contribution in [0.2, 0.25) is 0 Å². The van der Waals surface area contributed by atoms with Crippen molar-refractivity contribution in [2.75, 3.05) is 33.2 Å². The van der Waals surface area contributed by atoms with Crippen LogP contribution in [0.1, 0.15) is 61.2 Å². The summed E-state index contributed by atoms with van der Waals surface area (Å²) in [6.07, 6.45) is 5.59. The van der Waals surface area contributed by atoms with E-state index in [0.29, 0.717) is 36.6 Å². The summed E-state index contributed by atoms with van der Waals surface area (Å²) in [6.45, 7) is 4.00. The minimum atomic E-state index is -4.29. The maximum atomic E-state index is 15.1. The number of rotatable bonds is 11. The van der Waals surface area contributed by atoms with Crippen LogP contribution in [0, 0.1) is 11.6 Å². The number of aromatic nitrogens is 2. The number of hydrogen-bond donors (Lipinski definition) is 1. The van der Waals surface area contributed by atoms with Crippen LogP contribution >= 0.6 is 0 Å². The first-order valence-corrected chi connectivity index (χ1v) is 16.4. The lowest BCUT2D eigenvalue weighted by molar-refractivity contribution is -0.0564. The number of piperidine rings is 2. The van der Waals surface area contributed by atoms with Gasteiger partial charge in [0, 0.05) is 38.4 Å². The van der Waals surface area contributed by atoms with Gasteiger partial charge in [0.25, 0.3) is 5.91 Å². The van der Waals surface area contributed by atoms with Crippen molar-refractivity contribution in [1.82, 2.24) is 23.9 Å². The molecular formula is C31H37F2N5O6S. The fraction of sp³-hybridized carbons (Fsp3) is 0.452. The summed E-state index contributed by atoms with van der Waals surface area (Å²) in [5, 5.41) is 0. The molecule has 242 valence electrons. The van der Waals surface area contributed by atoms with E-state index in [9.17, 15) is 13.2 Å². The molecule has 14 heteroatoms. The van der Waals surface area contributed by atoms with Crippen molar-refractivity contribution < 1.29 is 36.2 Å². The number of likely N-dealkylation sites (tertiary alicyclic amines) is 1. The second kappa shape index (κ2) is 14.6. The molecule has 3 aromatic rings. The normalized spacial score (nSPS) is 18.0. The maximum absolute atomic E-state index is 15.1. The molecule has 11 nitrogen and oxygen atoms in total. The molecule has 0 spiro atoms. The zero-order chi connectivity index (χ0) is 32.0. The van der Waals surface area contributed by atoms with Gasteiger partial charge in [-0.25, -0.2) is 14.1 Å². The third-order valence-corrected chi connectivity index (χ3v) is 9.38. The fourth-order valence-electron chi connectivity index (χ4n) is 5.31. The van der Waals surface area contributed by atoms with Crippen molar-refractivity contribution in [3.63, 3.8) is 0 Å². The molecule has 1 atom stereocenters. The molecule has 45 heavy (non-hydrogen) atoms. The first kappa shape index (κ1) is 32.7. The predicted octanol–water partition coefficient (Wildman–Crippen LogP) is 4.63. The minimum Gasteiger partial charge on any atom is -0.481 e. The molecule has 2 aliphatic rings. The van der Waals surface area contributed by atoms with E-state index in [4.69, 9.17) is 14.2 Å². The van der Waals surface area contributed by atoms with E-state index in [-0.39, 0.29) is 25.3 Å². The predicted molar refractivity (Wildman–Crippen MR) is 161 cm³/mol. The Labute approximate surface area is 261 Å². The molecule has 2 saturated heterocycles. The topological polar surface area (TPSA) is 123 Å². The van der Waals surface area contributed by atoms with E-state index < -0.39 is 45.2 Å². The zero-order valence-corrected chi connectivity index (χ0v) is 26.0. The second-order valence-corrected chi connectivity index (χ2v) is 12.8. The molecular weight excluding hydrogens is 608 g/mol. The van der Waals surface area contributed by atoms with Crippen molar-refractivity contribution in [3.05, 3.63) is 77.8 Å². The molecule has 2 fully saturated rings. The number of benzene rings is 1. The molecule has 0 saturated carbocycles. The van der Waals surface area contributed by atoms with Crippen LogP contribution in [0.5, 0.6) is 17.4 Å². The number of nitrogens with one attached hydrogen (secondary N) is 1. The molecule has 2 aromatic heterocycles. The number of nitrogens with zero attached hydrogens (tertiary/aromatic N) is 4. The lowest BCUT2D eigenvalue weighted by Crippen LogP contribution is -2.48. The smallest absolute Gasteiger partial charge is 0.304 e. The average Bonchev–Trinajstić information content (AvgIpc) is 3.04. The molecule has 2 aliphatic heterocycles. The first-order chi connectivity index (χ1) is 21.6. The Hall–Kier alpha value is -3.72. The molecule has 1 aromatic carbocycles. The van der Waals surface area contributed by atoms with Gasteiger partial charge in [-0.2, -0.15) is 17.1 Å². The van der Waals surface area contributed by atoms with Gasteiger partial charge in [-0.3, -0.25) is 9.78 Å². The summed E-state index contributed by atoms with van der Waals surface area (Å²) in [5.74, 6) is -3.84. The van der Waals surface area contributed by atoms with Crippen LogP contribution in [0.3, 0.4) is 0 Å². The van der Waals surface area contributed by atoms with Gasteiger partial charge in [0.2, 0.25) is 11.7 Å². The molecule has 0 aliphatic carbocycles. The van der Waals surface area contributed by atoms with E-state index in [0.717, 1.165) is 42.4 Å². The third kappa shape index (κ3) is 8.31.